The van der Waals surface area contributed by atoms with E-state index in [1.54, 1.807) is 11.1 Å². The number of esters is 1. The van der Waals surface area contributed by atoms with Gasteiger partial charge in [0.2, 0.25) is 0 Å². The van der Waals surface area contributed by atoms with Crippen molar-refractivity contribution in [1.82, 2.24) is 0 Å². The first-order valence-electron chi connectivity index (χ1n) is 37.1. The predicted molar refractivity (Wildman–Crippen MR) is 370 cm³/mol. The van der Waals surface area contributed by atoms with E-state index in [-0.39, 0.29) is 101 Å². The molecule has 9 heteroatoms. The molecule has 8 fully saturated rings. The second-order valence-corrected chi connectivity index (χ2v) is 38.6. The molecule has 9 nitrogen and oxygen atoms in total. The molecule has 514 valence electrons. The maximum atomic E-state index is 14.7. The number of carbonyl (C=O) groups is 2. The van der Waals surface area contributed by atoms with Crippen molar-refractivity contribution in [3.8, 4) is 0 Å². The highest BCUT2D eigenvalue weighted by atomic mass is 16.5. The normalized spacial score (nSPS) is 45.5. The van der Waals surface area contributed by atoms with Crippen LogP contribution in [0.2, 0.25) is 0 Å². The summed E-state index contributed by atoms with van der Waals surface area (Å²) in [6.45, 7) is 59.1. The first-order valence-corrected chi connectivity index (χ1v) is 37.1. The van der Waals surface area contributed by atoms with Gasteiger partial charge in [-0.3, -0.25) is 9.59 Å². The summed E-state index contributed by atoms with van der Waals surface area (Å²) in [7, 11) is 0. The number of fused-ring (bicyclic) bond motifs is 6. The zero-order chi connectivity index (χ0) is 67.0. The van der Waals surface area contributed by atoms with Crippen LogP contribution in [0.1, 0.15) is 242 Å². The van der Waals surface area contributed by atoms with Crippen LogP contribution in [0.5, 0.6) is 0 Å². The maximum absolute atomic E-state index is 14.7. The molecule has 91 heavy (non-hydrogen) atoms. The van der Waals surface area contributed by atoms with Gasteiger partial charge < -0.3 is 34.5 Å². The smallest absolute Gasteiger partial charge is 0.310 e. The summed E-state index contributed by atoms with van der Waals surface area (Å²) >= 11 is 0. The number of carboxylic acids is 1. The van der Waals surface area contributed by atoms with E-state index in [1.165, 1.54) is 19.3 Å². The molecule has 0 radical (unpaired) electrons. The molecule has 1 aromatic carbocycles. The minimum Gasteiger partial charge on any atom is -0.481 e. The molecule has 0 unspecified atom stereocenters. The fraction of sp³-hybridized carbons (Fsp3) is 0.854. The summed E-state index contributed by atoms with van der Waals surface area (Å²) in [5.41, 5.74) is 10.4. The molecular formula is C82H133NO8. The summed E-state index contributed by atoms with van der Waals surface area (Å²) in [5, 5.41) is 10.9. The lowest BCUT2D eigenvalue weighted by molar-refractivity contribution is -0.253. The van der Waals surface area contributed by atoms with Crippen LogP contribution in [-0.4, -0.2) is 74.9 Å². The maximum Gasteiger partial charge on any atom is 0.310 e. The summed E-state index contributed by atoms with van der Waals surface area (Å²) in [4.78, 5) is 28.0. The molecule has 2 aliphatic heterocycles. The summed E-state index contributed by atoms with van der Waals surface area (Å²) < 4.78 is 33.4. The Balaban J connectivity index is 0.000000202. The highest BCUT2D eigenvalue weighted by Gasteiger charge is 2.74. The van der Waals surface area contributed by atoms with Crippen molar-refractivity contribution in [3.05, 3.63) is 59.2 Å². The molecule has 4 bridgehead atoms. The van der Waals surface area contributed by atoms with Gasteiger partial charge in [-0.05, 0) is 191 Å². The Morgan fingerprint density at radius 3 is 1.43 bits per heavy atom. The second kappa shape index (κ2) is 24.5. The molecule has 1 aromatic rings. The molecule has 0 spiro atoms. The van der Waals surface area contributed by atoms with Gasteiger partial charge in [-0.25, -0.2) is 0 Å². The fourth-order valence-corrected chi connectivity index (χ4v) is 24.5. The minimum atomic E-state index is -0.588. The number of allylic oxidation sites excluding steroid dienone is 2. The summed E-state index contributed by atoms with van der Waals surface area (Å²) in [5.74, 6) is 3.98. The zero-order valence-corrected chi connectivity index (χ0v) is 62.1. The molecule has 11 rings (SSSR count). The first-order chi connectivity index (χ1) is 42.1. The Bertz CT molecular complexity index is 2870. The summed E-state index contributed by atoms with van der Waals surface area (Å²) in [6.07, 6.45) is 18.6. The number of rotatable bonds is 14. The average molecular weight is 1260 g/mol. The van der Waals surface area contributed by atoms with Crippen LogP contribution >= 0.6 is 0 Å². The molecule has 0 amide bonds. The lowest BCUT2D eigenvalue weighted by atomic mass is 9.34. The Morgan fingerprint density at radius 1 is 0.582 bits per heavy atom. The fourth-order valence-electron chi connectivity index (χ4n) is 24.5. The quantitative estimate of drug-likeness (QED) is 0.138. The van der Waals surface area contributed by atoms with Crippen LogP contribution in [-0.2, 0) is 39.9 Å². The number of nitrogens with two attached hydrogens (primary N) is 1. The Hall–Kier alpha value is -2.56. The van der Waals surface area contributed by atoms with Crippen molar-refractivity contribution >= 4 is 11.9 Å². The van der Waals surface area contributed by atoms with Crippen molar-refractivity contribution in [3.63, 3.8) is 0 Å². The van der Waals surface area contributed by atoms with E-state index in [4.69, 9.17) is 29.4 Å². The number of aliphatic carboxylic acids is 1. The van der Waals surface area contributed by atoms with Crippen molar-refractivity contribution in [2.75, 3.05) is 39.6 Å². The van der Waals surface area contributed by atoms with Gasteiger partial charge in [-0.15, -0.1) is 0 Å². The van der Waals surface area contributed by atoms with Gasteiger partial charge in [0.1, 0.15) is 6.61 Å². The molecule has 3 N–H and O–H groups in total. The Labute approximate surface area is 555 Å². The van der Waals surface area contributed by atoms with Crippen molar-refractivity contribution in [1.29, 1.82) is 0 Å². The van der Waals surface area contributed by atoms with Gasteiger partial charge in [-0.2, -0.15) is 0 Å². The van der Waals surface area contributed by atoms with Crippen LogP contribution in [0, 0.1) is 142 Å². The lowest BCUT2D eigenvalue weighted by Crippen LogP contribution is -2.69. The number of carboxylic acid groups (broad SMARTS) is 1. The molecule has 8 aliphatic carbocycles. The van der Waals surface area contributed by atoms with Gasteiger partial charge in [0.25, 0.3) is 0 Å². The molecule has 0 aromatic heterocycles. The van der Waals surface area contributed by atoms with Gasteiger partial charge in [-0.1, -0.05) is 213 Å². The van der Waals surface area contributed by atoms with Crippen molar-refractivity contribution in [2.24, 2.45) is 148 Å². The van der Waals surface area contributed by atoms with Crippen LogP contribution in [0.15, 0.2) is 53.6 Å². The second-order valence-electron chi connectivity index (χ2n) is 38.6. The van der Waals surface area contributed by atoms with Gasteiger partial charge >= 0.3 is 11.9 Å². The van der Waals surface area contributed by atoms with Gasteiger partial charge in [0.15, 0.2) is 0 Å². The van der Waals surface area contributed by atoms with E-state index >= 15 is 0 Å². The standard InChI is InChI=1S/C45H70O4.C37H63NO4/c1-29(2)32(5)41(9)22-23-43(11)34-18-19-36-42(10)27-47-28-45(36,24-30(3)38(42)48-25-31(4)40(6,7)8)35(34)20-21-44(43,12)37(41)39(46)49-26-33-16-14-13-15-17-33;1-22(2)24(4)33(8)16-17-35(10)25-12-13-27-34(9)20-41-21-37(27,26(25)14-15-36(35,11)29(33)31(39)40)18-23(3)30(34)42-19-28(38)32(5,6)7/h13-17,20,29-32,34,36-38H,18-19,21-28H2,1-12H3;14,22-25,27-30H,12-13,15-21,38H2,1-11H3,(H,39,40)/t30-,31-,32-,34+,36+,37-,38+,41-,42+,43-,44+,45+;23-,24-,25+,27+,28-,29-,30+,33-,34+,35-,36+,37+/m11/s1. The molecule has 6 saturated carbocycles. The van der Waals surface area contributed by atoms with Crippen LogP contribution in [0.4, 0.5) is 0 Å². The third-order valence-electron chi connectivity index (χ3n) is 31.5. The molecular weight excluding hydrogens is 1130 g/mol. The SMILES string of the molecule is CC(C)[C@@H](C)[C@@]1(C)CC[C@]2(C)[C@H]3CC[C@@H]4[C@@]5(COC[C@]4(C)[C@@H](OC[C@@H](C)C(C)(C)C)[C@H](C)C5)C3=CC[C@@]2(C)[C@@H]1C(=O)OCc1ccccc1.CC(C)[C@@H](C)[C@@]1(C)CC[C@]2(C)[C@H]3CC[C@@H]4[C@@]5(COC[C@]4(C)[C@@H](OC[C@@H](N)C(C)(C)C)[C@H](C)C5)C3=CC[C@@]2(C)[C@@H]1C(=O)O. The monoisotopic (exact) mass is 1260 g/mol. The van der Waals surface area contributed by atoms with Gasteiger partial charge in [0.05, 0.1) is 63.7 Å². The van der Waals surface area contributed by atoms with E-state index in [9.17, 15) is 14.7 Å². The van der Waals surface area contributed by atoms with Crippen molar-refractivity contribution in [2.45, 2.75) is 261 Å². The number of benzene rings is 1. The largest absolute Gasteiger partial charge is 0.481 e. The Morgan fingerprint density at radius 2 is 1.01 bits per heavy atom. The lowest BCUT2D eigenvalue weighted by Gasteiger charge is -2.71. The summed E-state index contributed by atoms with van der Waals surface area (Å²) in [6, 6.07) is 10.2. The highest BCUT2D eigenvalue weighted by molar-refractivity contribution is 5.75. The molecule has 2 heterocycles. The number of carbonyl (C=O) groups excluding carboxylic acids is 1. The number of ether oxygens (including phenoxy) is 5. The van der Waals surface area contributed by atoms with E-state index in [0.29, 0.717) is 78.3 Å². The Kier molecular flexibility index (Phi) is 19.1. The zero-order valence-electron chi connectivity index (χ0n) is 62.1. The predicted octanol–water partition coefficient (Wildman–Crippen LogP) is 18.9. The van der Waals surface area contributed by atoms with E-state index < -0.39 is 5.97 Å². The van der Waals surface area contributed by atoms with Crippen LogP contribution < -0.4 is 5.73 Å². The first kappa shape index (κ1) is 71.2. The topological polar surface area (TPSA) is 127 Å². The molecule has 2 saturated heterocycles. The van der Waals surface area contributed by atoms with Crippen LogP contribution in [0.25, 0.3) is 0 Å². The molecule has 10 aliphatic rings. The minimum absolute atomic E-state index is 0.00258. The number of hydrogen-bond donors (Lipinski definition) is 2. The van der Waals surface area contributed by atoms with Crippen molar-refractivity contribution < 1.29 is 38.4 Å². The van der Waals surface area contributed by atoms with E-state index in [1.807, 2.05) is 18.2 Å². The van der Waals surface area contributed by atoms with Crippen LogP contribution in [0.3, 0.4) is 0 Å². The van der Waals surface area contributed by atoms with E-state index in [0.717, 1.165) is 96.4 Å². The number of hydrogen-bond acceptors (Lipinski definition) is 8. The van der Waals surface area contributed by atoms with Gasteiger partial charge in [0, 0.05) is 27.7 Å². The van der Waals surface area contributed by atoms with E-state index in [2.05, 4.69) is 184 Å². The third kappa shape index (κ3) is 11.0. The molecule has 24 atom stereocenters. The highest BCUT2D eigenvalue weighted by Crippen LogP contribution is 2.78. The third-order valence-corrected chi connectivity index (χ3v) is 31.5. The average Bonchev–Trinajstić information content (AvgIpc) is 0.680.